The zero-order valence-corrected chi connectivity index (χ0v) is 49.0. The van der Waals surface area contributed by atoms with E-state index in [4.69, 9.17) is 14.2 Å². The van der Waals surface area contributed by atoms with Gasteiger partial charge in [0.15, 0.2) is 6.10 Å². The number of carbonyl (C=O) groups excluding carboxylic acids is 3. The van der Waals surface area contributed by atoms with Crippen LogP contribution in [0.4, 0.5) is 0 Å². The molecule has 6 heteroatoms. The molecular weight excluding hydrogens is 889 g/mol. The van der Waals surface area contributed by atoms with Gasteiger partial charge in [0.05, 0.1) is 0 Å². The first-order valence-corrected chi connectivity index (χ1v) is 32.7. The molecule has 0 spiro atoms. The van der Waals surface area contributed by atoms with E-state index in [9.17, 15) is 14.4 Å². The van der Waals surface area contributed by atoms with E-state index in [0.717, 1.165) is 57.8 Å². The summed E-state index contributed by atoms with van der Waals surface area (Å²) in [6.45, 7) is 6.72. The molecule has 0 aromatic heterocycles. The normalized spacial score (nSPS) is 12.0. The van der Waals surface area contributed by atoms with Gasteiger partial charge in [0.1, 0.15) is 13.2 Å². The highest BCUT2D eigenvalue weighted by Crippen LogP contribution is 2.18. The SMILES string of the molecule is CCCCCCCC/C=C/CCCCCCCCCC(=O)OC[C@H](COC(=O)CCCCCCCCCCCCCCCCCCCCC)OC(=O)CCCCCCCCCCCCCCCCCCCC. The van der Waals surface area contributed by atoms with E-state index in [-0.39, 0.29) is 31.1 Å². The Morgan fingerprint density at radius 2 is 0.458 bits per heavy atom. The quantitative estimate of drug-likeness (QED) is 0.0261. The van der Waals surface area contributed by atoms with Gasteiger partial charge in [-0.15, -0.1) is 0 Å². The van der Waals surface area contributed by atoms with Crippen LogP contribution in [0.1, 0.15) is 374 Å². The monoisotopic (exact) mass is 1010 g/mol. The molecule has 0 fully saturated rings. The minimum Gasteiger partial charge on any atom is -0.462 e. The topological polar surface area (TPSA) is 78.9 Å². The predicted molar refractivity (Wildman–Crippen MR) is 312 cm³/mol. The molecule has 0 saturated carbocycles. The summed E-state index contributed by atoms with van der Waals surface area (Å²) < 4.78 is 17.0. The van der Waals surface area contributed by atoms with Gasteiger partial charge >= 0.3 is 17.9 Å². The maximum Gasteiger partial charge on any atom is 0.306 e. The van der Waals surface area contributed by atoms with Crippen LogP contribution in [0.2, 0.25) is 0 Å². The lowest BCUT2D eigenvalue weighted by atomic mass is 10.0. The highest BCUT2D eigenvalue weighted by Gasteiger charge is 2.19. The Bertz CT molecular complexity index is 1120. The van der Waals surface area contributed by atoms with Crippen molar-refractivity contribution in [2.75, 3.05) is 13.2 Å². The fourth-order valence-corrected chi connectivity index (χ4v) is 10.1. The number of hydrogen-bond donors (Lipinski definition) is 0. The van der Waals surface area contributed by atoms with Crippen LogP contribution in [-0.4, -0.2) is 37.2 Å². The Hall–Kier alpha value is -1.85. The first kappa shape index (κ1) is 70.1. The number of esters is 3. The molecule has 0 aliphatic carbocycles. The fraction of sp³-hybridized carbons (Fsp3) is 0.924. The van der Waals surface area contributed by atoms with Crippen molar-refractivity contribution in [3.05, 3.63) is 12.2 Å². The number of ether oxygens (including phenoxy) is 3. The van der Waals surface area contributed by atoms with Crippen LogP contribution in [0.25, 0.3) is 0 Å². The summed E-state index contributed by atoms with van der Waals surface area (Å²) in [5.74, 6) is -0.836. The molecule has 0 bridgehead atoms. The number of allylic oxidation sites excluding steroid dienone is 2. The minimum absolute atomic E-state index is 0.0645. The number of carbonyl (C=O) groups is 3. The van der Waals surface area contributed by atoms with Gasteiger partial charge in [0.25, 0.3) is 0 Å². The van der Waals surface area contributed by atoms with Crippen LogP contribution in [0, 0.1) is 0 Å². The van der Waals surface area contributed by atoms with E-state index in [1.807, 2.05) is 0 Å². The Morgan fingerprint density at radius 1 is 0.264 bits per heavy atom. The lowest BCUT2D eigenvalue weighted by Crippen LogP contribution is -2.30. The third-order valence-electron chi connectivity index (χ3n) is 15.0. The largest absolute Gasteiger partial charge is 0.462 e. The molecule has 0 heterocycles. The lowest BCUT2D eigenvalue weighted by Gasteiger charge is -2.18. The zero-order valence-electron chi connectivity index (χ0n) is 49.0. The molecule has 72 heavy (non-hydrogen) atoms. The first-order chi connectivity index (χ1) is 35.5. The van der Waals surface area contributed by atoms with Crippen LogP contribution in [-0.2, 0) is 28.6 Å². The smallest absolute Gasteiger partial charge is 0.306 e. The third kappa shape index (κ3) is 59.0. The Labute approximate surface area is 450 Å². The van der Waals surface area contributed by atoms with Crippen LogP contribution in [0.3, 0.4) is 0 Å². The van der Waals surface area contributed by atoms with E-state index in [1.54, 1.807) is 0 Å². The van der Waals surface area contributed by atoms with Crippen molar-refractivity contribution >= 4 is 17.9 Å². The molecule has 0 aliphatic heterocycles. The molecular formula is C66H126O6. The van der Waals surface area contributed by atoms with Gasteiger partial charge in [-0.1, -0.05) is 322 Å². The molecule has 426 valence electrons. The molecule has 0 unspecified atom stereocenters. The van der Waals surface area contributed by atoms with Gasteiger partial charge in [-0.2, -0.15) is 0 Å². The van der Waals surface area contributed by atoms with Crippen molar-refractivity contribution in [2.24, 2.45) is 0 Å². The summed E-state index contributed by atoms with van der Waals surface area (Å²) in [6, 6.07) is 0. The van der Waals surface area contributed by atoms with Crippen molar-refractivity contribution < 1.29 is 28.6 Å². The van der Waals surface area contributed by atoms with E-state index in [2.05, 4.69) is 32.9 Å². The molecule has 0 amide bonds. The van der Waals surface area contributed by atoms with E-state index >= 15 is 0 Å². The summed E-state index contributed by atoms with van der Waals surface area (Å²) in [5, 5.41) is 0. The molecule has 6 nitrogen and oxygen atoms in total. The lowest BCUT2D eigenvalue weighted by molar-refractivity contribution is -0.167. The molecule has 0 radical (unpaired) electrons. The Balaban J connectivity index is 4.30. The van der Waals surface area contributed by atoms with Crippen LogP contribution < -0.4 is 0 Å². The summed E-state index contributed by atoms with van der Waals surface area (Å²) in [4.78, 5) is 38.3. The summed E-state index contributed by atoms with van der Waals surface area (Å²) in [7, 11) is 0. The Morgan fingerprint density at radius 3 is 0.694 bits per heavy atom. The standard InChI is InChI=1S/C66H126O6/c1-4-7-10-13-16-19-22-25-28-31-33-36-38-41-44-47-50-53-56-59-65(68)71-62-63(61-70-64(67)58-55-52-49-46-43-40-37-34-30-27-24-21-18-15-12-9-6-3)72-66(69)60-57-54-51-48-45-42-39-35-32-29-26-23-20-17-14-11-8-5-2/h27,30,63H,4-26,28-29,31-62H2,1-3H3/b30-27+/t63-/m1/s1. The maximum atomic E-state index is 12.9. The van der Waals surface area contributed by atoms with Crippen molar-refractivity contribution in [1.29, 1.82) is 0 Å². The Kier molecular flexibility index (Phi) is 60.1. The highest BCUT2D eigenvalue weighted by molar-refractivity contribution is 5.71. The van der Waals surface area contributed by atoms with Crippen molar-refractivity contribution in [1.82, 2.24) is 0 Å². The van der Waals surface area contributed by atoms with Gasteiger partial charge in [-0.05, 0) is 44.9 Å². The molecule has 0 aromatic rings. The molecule has 1 atom stereocenters. The number of rotatable bonds is 61. The van der Waals surface area contributed by atoms with Crippen LogP contribution >= 0.6 is 0 Å². The van der Waals surface area contributed by atoms with Crippen LogP contribution in [0.5, 0.6) is 0 Å². The minimum atomic E-state index is -0.767. The molecule has 0 saturated heterocycles. The van der Waals surface area contributed by atoms with Gasteiger partial charge in [-0.3, -0.25) is 14.4 Å². The average molecular weight is 1020 g/mol. The van der Waals surface area contributed by atoms with Crippen molar-refractivity contribution in [3.63, 3.8) is 0 Å². The zero-order chi connectivity index (χ0) is 52.2. The fourth-order valence-electron chi connectivity index (χ4n) is 10.1. The predicted octanol–water partition coefficient (Wildman–Crippen LogP) is 22.1. The van der Waals surface area contributed by atoms with Gasteiger partial charge in [0, 0.05) is 19.3 Å². The number of hydrogen-bond acceptors (Lipinski definition) is 6. The van der Waals surface area contributed by atoms with E-state index in [1.165, 1.54) is 276 Å². The summed E-state index contributed by atoms with van der Waals surface area (Å²) in [5.41, 5.74) is 0. The first-order valence-electron chi connectivity index (χ1n) is 32.7. The average Bonchev–Trinajstić information content (AvgIpc) is 3.38. The van der Waals surface area contributed by atoms with E-state index in [0.29, 0.717) is 19.3 Å². The maximum absolute atomic E-state index is 12.9. The second-order valence-electron chi connectivity index (χ2n) is 22.4. The van der Waals surface area contributed by atoms with Crippen molar-refractivity contribution in [2.45, 2.75) is 380 Å². The van der Waals surface area contributed by atoms with Crippen molar-refractivity contribution in [3.8, 4) is 0 Å². The second-order valence-corrected chi connectivity index (χ2v) is 22.4. The number of unbranched alkanes of at least 4 members (excludes halogenated alkanes) is 48. The second kappa shape index (κ2) is 61.7. The molecule has 0 aromatic carbocycles. The van der Waals surface area contributed by atoms with Gasteiger partial charge < -0.3 is 14.2 Å². The summed E-state index contributed by atoms with van der Waals surface area (Å²) in [6.07, 6.45) is 72.1. The van der Waals surface area contributed by atoms with E-state index < -0.39 is 6.10 Å². The van der Waals surface area contributed by atoms with Gasteiger partial charge in [-0.25, -0.2) is 0 Å². The van der Waals surface area contributed by atoms with Gasteiger partial charge in [0.2, 0.25) is 0 Å². The van der Waals surface area contributed by atoms with Crippen LogP contribution in [0.15, 0.2) is 12.2 Å². The molecule has 0 rings (SSSR count). The third-order valence-corrected chi connectivity index (χ3v) is 15.0. The highest BCUT2D eigenvalue weighted by atomic mass is 16.6. The molecule has 0 N–H and O–H groups in total. The molecule has 0 aliphatic rings. The summed E-state index contributed by atoms with van der Waals surface area (Å²) >= 11 is 0.